The molecule has 24 heavy (non-hydrogen) atoms. The van der Waals surface area contributed by atoms with Crippen LogP contribution in [0, 0.1) is 0 Å². The van der Waals surface area contributed by atoms with Crippen LogP contribution in [-0.4, -0.2) is 24.2 Å². The second-order valence-electron chi connectivity index (χ2n) is 4.37. The van der Waals surface area contributed by atoms with Gasteiger partial charge < -0.3 is 0 Å². The van der Waals surface area contributed by atoms with Gasteiger partial charge in [0.05, 0.1) is 20.0 Å². The van der Waals surface area contributed by atoms with Gasteiger partial charge in [0.25, 0.3) is 0 Å². The minimum atomic E-state index is -0.330. The van der Waals surface area contributed by atoms with Gasteiger partial charge in [-0.05, 0) is 56.1 Å². The van der Waals surface area contributed by atoms with E-state index < -0.39 is 0 Å². The van der Waals surface area contributed by atoms with E-state index in [0.717, 1.165) is 17.3 Å². The van der Waals surface area contributed by atoms with Crippen molar-refractivity contribution in [2.75, 3.05) is 0 Å². The molecule has 0 saturated heterocycles. The zero-order valence-electron chi connectivity index (χ0n) is 12.2. The van der Waals surface area contributed by atoms with Gasteiger partial charge in [0.1, 0.15) is 0 Å². The monoisotopic (exact) mass is 490 g/mol. The number of nitrogens with one attached hydrogen (secondary N) is 2. The molecule has 0 aliphatic carbocycles. The Morgan fingerprint density at radius 2 is 1.29 bits per heavy atom. The number of hydrogen-bond acceptors (Lipinski definition) is 6. The molecule has 0 atom stereocenters. The summed E-state index contributed by atoms with van der Waals surface area (Å²) in [5.41, 5.74) is 4.76. The van der Waals surface area contributed by atoms with Crippen LogP contribution in [0.15, 0.2) is 42.0 Å². The van der Waals surface area contributed by atoms with Gasteiger partial charge in [0, 0.05) is 22.6 Å². The molecule has 0 aromatic carbocycles. The molecule has 2 heterocycles. The SMILES string of the molecule is O=C(CCC(=O)N/N=C/c1ccc(Br)s1)N/N=C/c1ccc(Br)s1. The number of halogens is 2. The number of carbonyl (C=O) groups excluding carboxylic acids is 2. The van der Waals surface area contributed by atoms with Gasteiger partial charge in [-0.3, -0.25) is 9.59 Å². The lowest BCUT2D eigenvalue weighted by atomic mass is 10.3. The first kappa shape index (κ1) is 19.0. The smallest absolute Gasteiger partial charge is 0.240 e. The molecule has 2 amide bonds. The third kappa shape index (κ3) is 7.04. The Hall–Kier alpha value is -1.36. The van der Waals surface area contributed by atoms with Gasteiger partial charge in [-0.2, -0.15) is 10.2 Å². The summed E-state index contributed by atoms with van der Waals surface area (Å²) in [4.78, 5) is 25.0. The molecule has 2 aromatic rings. The van der Waals surface area contributed by atoms with Gasteiger partial charge in [0.15, 0.2) is 0 Å². The van der Waals surface area contributed by atoms with Crippen molar-refractivity contribution in [3.63, 3.8) is 0 Å². The fourth-order valence-corrected chi connectivity index (χ4v) is 4.06. The Bertz CT molecular complexity index is 706. The average Bonchev–Trinajstić information content (AvgIpc) is 3.14. The van der Waals surface area contributed by atoms with E-state index in [1.54, 1.807) is 12.4 Å². The van der Waals surface area contributed by atoms with E-state index in [1.165, 1.54) is 22.7 Å². The van der Waals surface area contributed by atoms with Crippen LogP contribution in [0.4, 0.5) is 0 Å². The van der Waals surface area contributed by atoms with Crippen molar-refractivity contribution in [1.29, 1.82) is 0 Å². The highest BCUT2D eigenvalue weighted by molar-refractivity contribution is 9.11. The summed E-state index contributed by atoms with van der Waals surface area (Å²) in [6, 6.07) is 7.55. The zero-order chi connectivity index (χ0) is 17.4. The van der Waals surface area contributed by atoms with Crippen molar-refractivity contribution in [1.82, 2.24) is 10.9 Å². The zero-order valence-corrected chi connectivity index (χ0v) is 17.0. The first-order chi connectivity index (χ1) is 11.5. The summed E-state index contributed by atoms with van der Waals surface area (Å²) in [7, 11) is 0. The maximum absolute atomic E-state index is 11.6. The number of hydrogen-bond donors (Lipinski definition) is 2. The van der Waals surface area contributed by atoms with Crippen molar-refractivity contribution < 1.29 is 9.59 Å². The summed E-state index contributed by atoms with van der Waals surface area (Å²) in [5, 5.41) is 7.68. The Labute approximate surface area is 163 Å². The molecule has 2 rings (SSSR count). The molecule has 0 unspecified atom stereocenters. The molecule has 10 heteroatoms. The number of carbonyl (C=O) groups is 2. The summed E-state index contributed by atoms with van der Waals surface area (Å²) < 4.78 is 1.98. The molecule has 2 N–H and O–H groups in total. The van der Waals surface area contributed by atoms with E-state index in [1.807, 2.05) is 24.3 Å². The molecule has 0 fully saturated rings. The summed E-state index contributed by atoms with van der Waals surface area (Å²) in [6.07, 6.45) is 3.18. The van der Waals surface area contributed by atoms with Crippen LogP contribution >= 0.6 is 54.5 Å². The number of thiophene rings is 2. The molecule has 0 saturated carbocycles. The lowest BCUT2D eigenvalue weighted by Crippen LogP contribution is -2.22. The predicted molar refractivity (Wildman–Crippen MR) is 105 cm³/mol. The summed E-state index contributed by atoms with van der Waals surface area (Å²) >= 11 is 9.69. The maximum atomic E-state index is 11.6. The summed E-state index contributed by atoms with van der Waals surface area (Å²) in [5.74, 6) is -0.661. The Kier molecular flexibility index (Phi) is 7.76. The van der Waals surface area contributed by atoms with Crippen LogP contribution in [-0.2, 0) is 9.59 Å². The minimum Gasteiger partial charge on any atom is -0.273 e. The van der Waals surface area contributed by atoms with Crippen LogP contribution < -0.4 is 10.9 Å². The van der Waals surface area contributed by atoms with E-state index in [2.05, 4.69) is 52.9 Å². The largest absolute Gasteiger partial charge is 0.273 e. The molecule has 6 nitrogen and oxygen atoms in total. The molecule has 0 bridgehead atoms. The van der Waals surface area contributed by atoms with Gasteiger partial charge in [-0.1, -0.05) is 0 Å². The molecular formula is C14H12Br2N4O2S2. The van der Waals surface area contributed by atoms with Crippen molar-refractivity contribution in [2.24, 2.45) is 10.2 Å². The standard InChI is InChI=1S/C14H12Br2N4O2S2/c15-11-3-1-9(23-11)7-17-19-13(21)5-6-14(22)20-18-8-10-2-4-12(16)24-10/h1-4,7-8H,5-6H2,(H,19,21)(H,20,22)/b17-7+,18-8+. The van der Waals surface area contributed by atoms with E-state index in [0.29, 0.717) is 0 Å². The molecule has 2 aromatic heterocycles. The Morgan fingerprint density at radius 1 is 0.875 bits per heavy atom. The third-order valence-electron chi connectivity index (χ3n) is 2.53. The molecular weight excluding hydrogens is 480 g/mol. The fourth-order valence-electron chi connectivity index (χ4n) is 1.47. The number of rotatable bonds is 7. The van der Waals surface area contributed by atoms with E-state index >= 15 is 0 Å². The van der Waals surface area contributed by atoms with E-state index in [-0.39, 0.29) is 24.7 Å². The van der Waals surface area contributed by atoms with Crippen LogP contribution in [0.1, 0.15) is 22.6 Å². The van der Waals surface area contributed by atoms with Gasteiger partial charge in [-0.15, -0.1) is 22.7 Å². The van der Waals surface area contributed by atoms with Crippen LogP contribution in [0.25, 0.3) is 0 Å². The topological polar surface area (TPSA) is 82.9 Å². The van der Waals surface area contributed by atoms with Crippen LogP contribution in [0.2, 0.25) is 0 Å². The number of nitrogens with zero attached hydrogens (tertiary/aromatic N) is 2. The van der Waals surface area contributed by atoms with Crippen molar-refractivity contribution in [3.8, 4) is 0 Å². The first-order valence-electron chi connectivity index (χ1n) is 6.67. The quantitative estimate of drug-likeness (QED) is 0.457. The van der Waals surface area contributed by atoms with Crippen LogP contribution in [0.3, 0.4) is 0 Å². The highest BCUT2D eigenvalue weighted by Crippen LogP contribution is 2.20. The molecule has 0 spiro atoms. The molecule has 0 radical (unpaired) electrons. The van der Waals surface area contributed by atoms with Crippen LogP contribution in [0.5, 0.6) is 0 Å². The van der Waals surface area contributed by atoms with Crippen molar-refractivity contribution >= 4 is 78.8 Å². The lowest BCUT2D eigenvalue weighted by molar-refractivity contribution is -0.126. The molecule has 0 aliphatic rings. The predicted octanol–water partition coefficient (Wildman–Crippen LogP) is 3.72. The van der Waals surface area contributed by atoms with E-state index in [9.17, 15) is 9.59 Å². The second kappa shape index (κ2) is 9.82. The maximum Gasteiger partial charge on any atom is 0.240 e. The Balaban J connectivity index is 1.64. The molecule has 0 aliphatic heterocycles. The van der Waals surface area contributed by atoms with Crippen molar-refractivity contribution in [2.45, 2.75) is 12.8 Å². The molecule has 126 valence electrons. The second-order valence-corrected chi connectivity index (χ2v) is 9.36. The van der Waals surface area contributed by atoms with Gasteiger partial charge in [-0.25, -0.2) is 10.9 Å². The van der Waals surface area contributed by atoms with Gasteiger partial charge in [0.2, 0.25) is 11.8 Å². The lowest BCUT2D eigenvalue weighted by Gasteiger charge is -1.99. The van der Waals surface area contributed by atoms with E-state index in [4.69, 9.17) is 0 Å². The first-order valence-corrected chi connectivity index (χ1v) is 9.89. The number of amides is 2. The van der Waals surface area contributed by atoms with Crippen molar-refractivity contribution in [3.05, 3.63) is 41.6 Å². The van der Waals surface area contributed by atoms with Gasteiger partial charge >= 0.3 is 0 Å². The Morgan fingerprint density at radius 3 is 1.62 bits per heavy atom. The fraction of sp³-hybridized carbons (Fsp3) is 0.143. The summed E-state index contributed by atoms with van der Waals surface area (Å²) in [6.45, 7) is 0. The highest BCUT2D eigenvalue weighted by atomic mass is 79.9. The minimum absolute atomic E-state index is 0.0391. The normalized spacial score (nSPS) is 11.2. The third-order valence-corrected chi connectivity index (χ3v) is 5.65. The average molecular weight is 492 g/mol. The number of hydrazone groups is 2. The highest BCUT2D eigenvalue weighted by Gasteiger charge is 2.05.